The van der Waals surface area contributed by atoms with Crippen molar-refractivity contribution in [2.24, 2.45) is 5.41 Å². The van der Waals surface area contributed by atoms with E-state index < -0.39 is 0 Å². The van der Waals surface area contributed by atoms with E-state index in [4.69, 9.17) is 0 Å². The largest absolute Gasteiger partial charge is 0.313 e. The van der Waals surface area contributed by atoms with Gasteiger partial charge in [-0.25, -0.2) is 0 Å². The predicted molar refractivity (Wildman–Crippen MR) is 76.4 cm³/mol. The first kappa shape index (κ1) is 15.0. The average Bonchev–Trinajstić information content (AvgIpc) is 2.26. The summed E-state index contributed by atoms with van der Waals surface area (Å²) in [5.41, 5.74) is 0.787. The molecule has 0 amide bonds. The molecule has 2 heteroatoms. The Hall–Kier alpha value is -0.0800. The number of nitrogens with one attached hydrogen (secondary N) is 1. The van der Waals surface area contributed by atoms with Crippen molar-refractivity contribution in [3.05, 3.63) is 0 Å². The van der Waals surface area contributed by atoms with E-state index >= 15 is 0 Å². The van der Waals surface area contributed by atoms with Crippen molar-refractivity contribution in [2.45, 2.75) is 72.4 Å². The number of likely N-dealkylation sites (tertiary alicyclic amines) is 1. The maximum atomic E-state index is 3.72. The van der Waals surface area contributed by atoms with Crippen molar-refractivity contribution in [2.75, 3.05) is 19.6 Å². The van der Waals surface area contributed by atoms with Gasteiger partial charge in [0.25, 0.3) is 0 Å². The highest BCUT2D eigenvalue weighted by Gasteiger charge is 2.29. The van der Waals surface area contributed by atoms with Gasteiger partial charge in [-0.05, 0) is 38.5 Å². The molecule has 0 bridgehead atoms. The fourth-order valence-corrected chi connectivity index (χ4v) is 2.36. The molecule has 1 heterocycles. The Kier molecular flexibility index (Phi) is 5.03. The highest BCUT2D eigenvalue weighted by atomic mass is 15.2. The zero-order valence-electron chi connectivity index (χ0n) is 12.8. The van der Waals surface area contributed by atoms with Gasteiger partial charge >= 0.3 is 0 Å². The predicted octanol–water partition coefficient (Wildman–Crippen LogP) is 3.28. The molecule has 1 N–H and O–H groups in total. The van der Waals surface area contributed by atoms with Crippen molar-refractivity contribution in [3.8, 4) is 0 Å². The maximum Gasteiger partial charge on any atom is 0.0150 e. The zero-order valence-corrected chi connectivity index (χ0v) is 12.8. The summed E-state index contributed by atoms with van der Waals surface area (Å²) >= 11 is 0. The lowest BCUT2D eigenvalue weighted by molar-refractivity contribution is 0.0782. The van der Waals surface area contributed by atoms with Crippen molar-refractivity contribution in [3.63, 3.8) is 0 Å². The number of nitrogens with zero attached hydrogens (tertiary/aromatic N) is 1. The third-order valence-corrected chi connectivity index (χ3v) is 4.14. The van der Waals surface area contributed by atoms with Crippen LogP contribution in [-0.2, 0) is 0 Å². The Labute approximate surface area is 108 Å². The van der Waals surface area contributed by atoms with Crippen LogP contribution >= 0.6 is 0 Å². The molecular weight excluding hydrogens is 208 g/mol. The highest BCUT2D eigenvalue weighted by molar-refractivity contribution is 4.86. The summed E-state index contributed by atoms with van der Waals surface area (Å²) in [6, 6.07) is 0.734. The van der Waals surface area contributed by atoms with Crippen LogP contribution in [0.1, 0.15) is 60.8 Å². The van der Waals surface area contributed by atoms with E-state index in [0.717, 1.165) is 12.6 Å². The first-order valence-corrected chi connectivity index (χ1v) is 7.23. The highest BCUT2D eigenvalue weighted by Crippen LogP contribution is 2.23. The third-order valence-electron chi connectivity index (χ3n) is 4.14. The van der Waals surface area contributed by atoms with Gasteiger partial charge in [0.1, 0.15) is 0 Å². The number of hydrogen-bond acceptors (Lipinski definition) is 2. The van der Waals surface area contributed by atoms with Gasteiger partial charge in [-0.3, -0.25) is 4.90 Å². The summed E-state index contributed by atoms with van der Waals surface area (Å²) in [4.78, 5) is 2.66. The van der Waals surface area contributed by atoms with Crippen molar-refractivity contribution in [1.29, 1.82) is 0 Å². The van der Waals surface area contributed by atoms with Crippen LogP contribution in [0.15, 0.2) is 0 Å². The van der Waals surface area contributed by atoms with Crippen molar-refractivity contribution >= 4 is 0 Å². The van der Waals surface area contributed by atoms with Crippen LogP contribution in [-0.4, -0.2) is 36.1 Å². The molecule has 1 aliphatic heterocycles. The molecule has 0 aromatic rings. The Morgan fingerprint density at radius 2 is 1.59 bits per heavy atom. The molecule has 102 valence electrons. The van der Waals surface area contributed by atoms with E-state index in [1.807, 2.05) is 0 Å². The topological polar surface area (TPSA) is 15.3 Å². The molecule has 0 aromatic heterocycles. The molecule has 0 atom stereocenters. The fourth-order valence-electron chi connectivity index (χ4n) is 2.36. The van der Waals surface area contributed by atoms with Crippen molar-refractivity contribution in [1.82, 2.24) is 10.2 Å². The molecule has 2 nitrogen and oxygen atoms in total. The summed E-state index contributed by atoms with van der Waals surface area (Å²) in [5, 5.41) is 3.72. The summed E-state index contributed by atoms with van der Waals surface area (Å²) in [5.74, 6) is 0. The summed E-state index contributed by atoms with van der Waals surface area (Å²) in [7, 11) is 0. The standard InChI is InChI=1S/C15H32N2/c1-7-15(5,6)17-10-8-13(9-11-17)16-12-14(2,3)4/h13,16H,7-12H2,1-6H3. The summed E-state index contributed by atoms with van der Waals surface area (Å²) in [6.45, 7) is 17.6. The fraction of sp³-hybridized carbons (Fsp3) is 1.00. The van der Waals surface area contributed by atoms with Crippen LogP contribution < -0.4 is 5.32 Å². The number of rotatable bonds is 4. The second-order valence-electron chi connectivity index (χ2n) is 7.37. The molecule has 0 spiro atoms. The lowest BCUT2D eigenvalue weighted by Crippen LogP contribution is -2.51. The molecule has 0 aromatic carbocycles. The minimum Gasteiger partial charge on any atom is -0.313 e. The van der Waals surface area contributed by atoms with E-state index in [0.29, 0.717) is 11.0 Å². The molecule has 1 saturated heterocycles. The molecule has 0 unspecified atom stereocenters. The molecule has 0 aliphatic carbocycles. The van der Waals surface area contributed by atoms with Crippen LogP contribution in [0.2, 0.25) is 0 Å². The zero-order chi connectivity index (χ0) is 13.1. The Morgan fingerprint density at radius 1 is 1.06 bits per heavy atom. The molecule has 1 fully saturated rings. The first-order valence-electron chi connectivity index (χ1n) is 7.23. The van der Waals surface area contributed by atoms with Gasteiger partial charge in [-0.2, -0.15) is 0 Å². The van der Waals surface area contributed by atoms with Crippen LogP contribution in [0.4, 0.5) is 0 Å². The van der Waals surface area contributed by atoms with E-state index in [1.54, 1.807) is 0 Å². The Morgan fingerprint density at radius 3 is 2.00 bits per heavy atom. The van der Waals surface area contributed by atoms with Gasteiger partial charge in [0.15, 0.2) is 0 Å². The lowest BCUT2D eigenvalue weighted by Gasteiger charge is -2.43. The molecule has 17 heavy (non-hydrogen) atoms. The van der Waals surface area contributed by atoms with Gasteiger partial charge in [-0.1, -0.05) is 27.7 Å². The van der Waals surface area contributed by atoms with Gasteiger partial charge < -0.3 is 5.32 Å². The van der Waals surface area contributed by atoms with E-state index in [9.17, 15) is 0 Å². The minimum atomic E-state index is 0.384. The normalized spacial score (nSPS) is 20.8. The Bertz CT molecular complexity index is 220. The summed E-state index contributed by atoms with van der Waals surface area (Å²) in [6.07, 6.45) is 3.85. The lowest BCUT2D eigenvalue weighted by atomic mass is 9.92. The molecule has 1 aliphatic rings. The number of piperidine rings is 1. The molecule has 0 radical (unpaired) electrons. The van der Waals surface area contributed by atoms with Gasteiger partial charge in [0.2, 0.25) is 0 Å². The van der Waals surface area contributed by atoms with Gasteiger partial charge in [-0.15, -0.1) is 0 Å². The average molecular weight is 240 g/mol. The monoisotopic (exact) mass is 240 g/mol. The van der Waals surface area contributed by atoms with Crippen LogP contribution in [0, 0.1) is 5.41 Å². The molecule has 0 saturated carbocycles. The summed E-state index contributed by atoms with van der Waals surface area (Å²) < 4.78 is 0. The van der Waals surface area contributed by atoms with E-state index in [-0.39, 0.29) is 0 Å². The SMILES string of the molecule is CCC(C)(C)N1CCC(NCC(C)(C)C)CC1. The maximum absolute atomic E-state index is 3.72. The molecule has 1 rings (SSSR count). The van der Waals surface area contributed by atoms with Gasteiger partial charge in [0.05, 0.1) is 0 Å². The van der Waals surface area contributed by atoms with Crippen LogP contribution in [0.5, 0.6) is 0 Å². The quantitative estimate of drug-likeness (QED) is 0.811. The molecular formula is C15H32N2. The number of hydrogen-bond donors (Lipinski definition) is 1. The van der Waals surface area contributed by atoms with Crippen LogP contribution in [0.3, 0.4) is 0 Å². The van der Waals surface area contributed by atoms with Crippen molar-refractivity contribution < 1.29 is 0 Å². The second-order valence-corrected chi connectivity index (χ2v) is 7.37. The smallest absolute Gasteiger partial charge is 0.0150 e. The van der Waals surface area contributed by atoms with E-state index in [2.05, 4.69) is 51.8 Å². The second kappa shape index (κ2) is 5.71. The first-order chi connectivity index (χ1) is 7.74. The van der Waals surface area contributed by atoms with Crippen LogP contribution in [0.25, 0.3) is 0 Å². The third kappa shape index (κ3) is 4.97. The minimum absolute atomic E-state index is 0.384. The van der Waals surface area contributed by atoms with E-state index in [1.165, 1.54) is 32.4 Å². The van der Waals surface area contributed by atoms with Gasteiger partial charge in [0, 0.05) is 31.2 Å². The Balaban J connectivity index is 2.31.